The lowest BCUT2D eigenvalue weighted by atomic mass is 10.2. The molecule has 0 saturated carbocycles. The molecular weight excluding hydrogens is 344 g/mol. The highest BCUT2D eigenvalue weighted by Gasteiger charge is 2.39. The maximum absolute atomic E-state index is 12.7. The highest BCUT2D eigenvalue weighted by Crippen LogP contribution is 2.22. The van der Waals surface area contributed by atoms with Crippen LogP contribution in [0.25, 0.3) is 0 Å². The highest BCUT2D eigenvalue weighted by atomic mass is 32.2. The van der Waals surface area contributed by atoms with E-state index in [9.17, 15) is 18.0 Å². The van der Waals surface area contributed by atoms with Crippen LogP contribution in [-0.2, 0) is 19.6 Å². The van der Waals surface area contributed by atoms with Gasteiger partial charge in [-0.1, -0.05) is 0 Å². The second-order valence-electron chi connectivity index (χ2n) is 6.70. The zero-order chi connectivity index (χ0) is 18.6. The van der Waals surface area contributed by atoms with Crippen molar-refractivity contribution in [1.29, 1.82) is 0 Å². The van der Waals surface area contributed by atoms with Gasteiger partial charge >= 0.3 is 0 Å². The summed E-state index contributed by atoms with van der Waals surface area (Å²) >= 11 is 0. The largest absolute Gasteiger partial charge is 0.342 e. The standard InChI is InChI=1S/C16H30N4O4S/c1-4-18(5-2)15(21)13-17-9-11-19(12-10-17)16(22)14-7-6-8-20(14)25(3,23)24/h14H,4-13H2,1-3H3. The van der Waals surface area contributed by atoms with Crippen molar-refractivity contribution in [2.45, 2.75) is 32.7 Å². The summed E-state index contributed by atoms with van der Waals surface area (Å²) in [5.41, 5.74) is 0. The van der Waals surface area contributed by atoms with Crippen LogP contribution in [0, 0.1) is 0 Å². The molecule has 0 N–H and O–H groups in total. The average Bonchev–Trinajstić information content (AvgIpc) is 3.06. The summed E-state index contributed by atoms with van der Waals surface area (Å²) in [5.74, 6) is 0.0152. The van der Waals surface area contributed by atoms with Gasteiger partial charge in [0.15, 0.2) is 0 Å². The number of hydrogen-bond donors (Lipinski definition) is 0. The predicted molar refractivity (Wildman–Crippen MR) is 95.5 cm³/mol. The van der Waals surface area contributed by atoms with Gasteiger partial charge in [0, 0.05) is 45.8 Å². The topological polar surface area (TPSA) is 81.2 Å². The molecule has 0 spiro atoms. The number of sulfonamides is 1. The fourth-order valence-corrected chi connectivity index (χ4v) is 4.71. The molecule has 2 aliphatic heterocycles. The Kier molecular flexibility index (Phi) is 6.81. The van der Waals surface area contributed by atoms with E-state index in [4.69, 9.17) is 0 Å². The van der Waals surface area contributed by atoms with Crippen LogP contribution >= 0.6 is 0 Å². The highest BCUT2D eigenvalue weighted by molar-refractivity contribution is 7.88. The van der Waals surface area contributed by atoms with E-state index in [1.54, 1.807) is 9.80 Å². The number of piperazine rings is 1. The summed E-state index contributed by atoms with van der Waals surface area (Å²) in [6.45, 7) is 8.51. The summed E-state index contributed by atoms with van der Waals surface area (Å²) in [6, 6.07) is -0.557. The summed E-state index contributed by atoms with van der Waals surface area (Å²) in [6.07, 6.45) is 2.48. The molecule has 1 atom stereocenters. The Morgan fingerprint density at radius 2 is 1.64 bits per heavy atom. The maximum atomic E-state index is 12.7. The number of carbonyl (C=O) groups excluding carboxylic acids is 2. The minimum absolute atomic E-state index is 0.0994. The van der Waals surface area contributed by atoms with Crippen molar-refractivity contribution in [3.8, 4) is 0 Å². The molecule has 144 valence electrons. The number of amides is 2. The van der Waals surface area contributed by atoms with Gasteiger partial charge in [-0.05, 0) is 26.7 Å². The summed E-state index contributed by atoms with van der Waals surface area (Å²) in [5, 5.41) is 0. The van der Waals surface area contributed by atoms with E-state index in [0.717, 1.165) is 12.7 Å². The normalized spacial score (nSPS) is 23.0. The Bertz CT molecular complexity index is 583. The quantitative estimate of drug-likeness (QED) is 0.622. The molecule has 25 heavy (non-hydrogen) atoms. The van der Waals surface area contributed by atoms with Crippen molar-refractivity contribution in [3.63, 3.8) is 0 Å². The van der Waals surface area contributed by atoms with Crippen molar-refractivity contribution >= 4 is 21.8 Å². The van der Waals surface area contributed by atoms with Gasteiger partial charge in [-0.25, -0.2) is 8.42 Å². The fourth-order valence-electron chi connectivity index (χ4n) is 3.59. The van der Waals surface area contributed by atoms with E-state index in [2.05, 4.69) is 4.90 Å². The molecule has 0 aromatic carbocycles. The smallest absolute Gasteiger partial charge is 0.241 e. The molecule has 0 bridgehead atoms. The Morgan fingerprint density at radius 3 is 2.16 bits per heavy atom. The maximum Gasteiger partial charge on any atom is 0.241 e. The van der Waals surface area contributed by atoms with Gasteiger partial charge in [-0.3, -0.25) is 14.5 Å². The number of rotatable bonds is 6. The van der Waals surface area contributed by atoms with Crippen LogP contribution in [0.5, 0.6) is 0 Å². The lowest BCUT2D eigenvalue weighted by Crippen LogP contribution is -2.55. The van der Waals surface area contributed by atoms with Gasteiger partial charge in [0.1, 0.15) is 6.04 Å². The second-order valence-corrected chi connectivity index (χ2v) is 8.63. The van der Waals surface area contributed by atoms with Crippen molar-refractivity contribution in [2.24, 2.45) is 0 Å². The van der Waals surface area contributed by atoms with Crippen LogP contribution in [-0.4, -0.2) is 104 Å². The van der Waals surface area contributed by atoms with Gasteiger partial charge in [0.05, 0.1) is 12.8 Å². The van der Waals surface area contributed by atoms with E-state index < -0.39 is 16.1 Å². The van der Waals surface area contributed by atoms with E-state index >= 15 is 0 Å². The molecule has 2 heterocycles. The first-order chi connectivity index (χ1) is 11.8. The summed E-state index contributed by atoms with van der Waals surface area (Å²) in [4.78, 5) is 30.5. The molecule has 2 saturated heterocycles. The third-order valence-electron chi connectivity index (χ3n) is 5.07. The molecule has 2 rings (SSSR count). The number of nitrogens with zero attached hydrogens (tertiary/aromatic N) is 4. The summed E-state index contributed by atoms with van der Waals surface area (Å²) < 4.78 is 25.0. The van der Waals surface area contributed by atoms with Gasteiger partial charge in [0.2, 0.25) is 21.8 Å². The predicted octanol–water partition coefficient (Wildman–Crippen LogP) is -0.577. The van der Waals surface area contributed by atoms with Crippen LogP contribution in [0.2, 0.25) is 0 Å². The molecule has 2 amide bonds. The summed E-state index contributed by atoms with van der Waals surface area (Å²) in [7, 11) is -3.35. The van der Waals surface area contributed by atoms with Crippen molar-refractivity contribution < 1.29 is 18.0 Å². The third kappa shape index (κ3) is 4.92. The number of hydrogen-bond acceptors (Lipinski definition) is 5. The molecule has 1 unspecified atom stereocenters. The van der Waals surface area contributed by atoms with Crippen molar-refractivity contribution in [2.75, 3.05) is 58.6 Å². The lowest BCUT2D eigenvalue weighted by molar-refractivity contribution is -0.137. The van der Waals surface area contributed by atoms with Gasteiger partial charge in [-0.2, -0.15) is 4.31 Å². The van der Waals surface area contributed by atoms with Crippen molar-refractivity contribution in [1.82, 2.24) is 19.0 Å². The zero-order valence-electron chi connectivity index (χ0n) is 15.5. The van der Waals surface area contributed by atoms with Crippen LogP contribution in [0.3, 0.4) is 0 Å². The molecule has 0 radical (unpaired) electrons. The second kappa shape index (κ2) is 8.46. The molecule has 2 fully saturated rings. The Balaban J connectivity index is 1.87. The number of likely N-dealkylation sites (N-methyl/N-ethyl adjacent to an activating group) is 1. The Labute approximate surface area is 150 Å². The van der Waals surface area contributed by atoms with Gasteiger partial charge < -0.3 is 9.80 Å². The fraction of sp³-hybridized carbons (Fsp3) is 0.875. The molecular formula is C16H30N4O4S. The van der Waals surface area contributed by atoms with E-state index in [-0.39, 0.29) is 11.8 Å². The van der Waals surface area contributed by atoms with Crippen LogP contribution in [0.4, 0.5) is 0 Å². The minimum Gasteiger partial charge on any atom is -0.342 e. The van der Waals surface area contributed by atoms with Crippen LogP contribution < -0.4 is 0 Å². The average molecular weight is 375 g/mol. The molecule has 9 heteroatoms. The minimum atomic E-state index is -3.35. The monoisotopic (exact) mass is 374 g/mol. The molecule has 0 aliphatic carbocycles. The SMILES string of the molecule is CCN(CC)C(=O)CN1CCN(C(=O)C2CCCN2S(C)(=O)=O)CC1. The van der Waals surface area contributed by atoms with Crippen LogP contribution in [0.1, 0.15) is 26.7 Å². The third-order valence-corrected chi connectivity index (χ3v) is 6.36. The first-order valence-electron chi connectivity index (χ1n) is 9.03. The first-order valence-corrected chi connectivity index (χ1v) is 10.9. The van der Waals surface area contributed by atoms with E-state index in [1.165, 1.54) is 4.31 Å². The zero-order valence-corrected chi connectivity index (χ0v) is 16.3. The van der Waals surface area contributed by atoms with E-state index in [0.29, 0.717) is 58.8 Å². The van der Waals surface area contributed by atoms with E-state index in [1.807, 2.05) is 13.8 Å². The first kappa shape index (κ1) is 20.1. The molecule has 2 aliphatic rings. The van der Waals surface area contributed by atoms with Gasteiger partial charge in [0.25, 0.3) is 0 Å². The number of carbonyl (C=O) groups is 2. The lowest BCUT2D eigenvalue weighted by Gasteiger charge is -2.37. The van der Waals surface area contributed by atoms with Gasteiger partial charge in [-0.15, -0.1) is 0 Å². The molecule has 0 aromatic rings. The Hall–Kier alpha value is -1.19. The van der Waals surface area contributed by atoms with Crippen molar-refractivity contribution in [3.05, 3.63) is 0 Å². The molecule has 8 nitrogen and oxygen atoms in total. The Morgan fingerprint density at radius 1 is 1.04 bits per heavy atom. The molecule has 0 aromatic heterocycles. The van der Waals surface area contributed by atoms with Crippen LogP contribution in [0.15, 0.2) is 0 Å².